The SMILES string of the molecule is NC(=O)c1ccc(CCc2cc(Br)ccc2OCc2ccccc2)nc1Cl. The summed E-state index contributed by atoms with van der Waals surface area (Å²) in [4.78, 5) is 15.5. The molecule has 1 amide bonds. The Hall–Kier alpha value is -2.37. The molecule has 3 aromatic rings. The van der Waals surface area contributed by atoms with E-state index in [0.717, 1.165) is 33.5 Å². The molecule has 0 fully saturated rings. The number of nitrogens with zero attached hydrogens (tertiary/aromatic N) is 1. The third-order valence-corrected chi connectivity index (χ3v) is 4.86. The summed E-state index contributed by atoms with van der Waals surface area (Å²) in [6.45, 7) is 0.507. The number of rotatable bonds is 7. The van der Waals surface area contributed by atoms with Crippen molar-refractivity contribution in [1.82, 2.24) is 4.98 Å². The highest BCUT2D eigenvalue weighted by Gasteiger charge is 2.10. The molecule has 0 saturated heterocycles. The fraction of sp³-hybridized carbons (Fsp3) is 0.143. The summed E-state index contributed by atoms with van der Waals surface area (Å²) in [5.74, 6) is 0.254. The maximum absolute atomic E-state index is 11.3. The van der Waals surface area contributed by atoms with Crippen LogP contribution in [0.15, 0.2) is 65.1 Å². The van der Waals surface area contributed by atoms with E-state index in [2.05, 4.69) is 20.9 Å². The Morgan fingerprint density at radius 3 is 2.56 bits per heavy atom. The van der Waals surface area contributed by atoms with Gasteiger partial charge in [0.25, 0.3) is 5.91 Å². The molecule has 2 aromatic carbocycles. The Balaban J connectivity index is 1.71. The lowest BCUT2D eigenvalue weighted by Gasteiger charge is -2.12. The molecular weight excluding hydrogens is 428 g/mol. The highest BCUT2D eigenvalue weighted by atomic mass is 79.9. The van der Waals surface area contributed by atoms with Crippen LogP contribution in [0.3, 0.4) is 0 Å². The molecule has 0 aliphatic rings. The van der Waals surface area contributed by atoms with Crippen LogP contribution in [0.1, 0.15) is 27.2 Å². The van der Waals surface area contributed by atoms with Gasteiger partial charge in [0.05, 0.1) is 5.56 Å². The lowest BCUT2D eigenvalue weighted by atomic mass is 10.1. The number of carbonyl (C=O) groups excluding carboxylic acids is 1. The van der Waals surface area contributed by atoms with E-state index < -0.39 is 5.91 Å². The molecule has 27 heavy (non-hydrogen) atoms. The zero-order chi connectivity index (χ0) is 19.2. The number of amides is 1. The molecule has 0 aliphatic heterocycles. The van der Waals surface area contributed by atoms with E-state index in [-0.39, 0.29) is 10.7 Å². The molecule has 0 spiro atoms. The highest BCUT2D eigenvalue weighted by molar-refractivity contribution is 9.10. The second-order valence-corrected chi connectivity index (χ2v) is 7.31. The fourth-order valence-electron chi connectivity index (χ4n) is 2.68. The molecule has 3 rings (SSSR count). The van der Waals surface area contributed by atoms with E-state index >= 15 is 0 Å². The minimum atomic E-state index is -0.581. The van der Waals surface area contributed by atoms with Crippen molar-refractivity contribution in [2.75, 3.05) is 0 Å². The zero-order valence-electron chi connectivity index (χ0n) is 14.5. The molecular formula is C21H18BrClN2O2. The van der Waals surface area contributed by atoms with Gasteiger partial charge in [0.15, 0.2) is 0 Å². The highest BCUT2D eigenvalue weighted by Crippen LogP contribution is 2.26. The summed E-state index contributed by atoms with van der Waals surface area (Å²) >= 11 is 9.55. The van der Waals surface area contributed by atoms with Crippen molar-refractivity contribution in [1.29, 1.82) is 0 Å². The van der Waals surface area contributed by atoms with Crippen LogP contribution >= 0.6 is 27.5 Å². The number of primary amides is 1. The van der Waals surface area contributed by atoms with Gasteiger partial charge in [-0.15, -0.1) is 0 Å². The molecule has 6 heteroatoms. The second-order valence-electron chi connectivity index (χ2n) is 6.03. The molecule has 0 saturated carbocycles. The van der Waals surface area contributed by atoms with Crippen LogP contribution in [0.5, 0.6) is 5.75 Å². The van der Waals surface area contributed by atoms with Gasteiger partial charge in [-0.25, -0.2) is 4.98 Å². The zero-order valence-corrected chi connectivity index (χ0v) is 16.8. The number of halogens is 2. The van der Waals surface area contributed by atoms with Crippen molar-refractivity contribution in [3.05, 3.63) is 92.7 Å². The standard InChI is InChI=1S/C21H18BrClN2O2/c22-16-7-11-19(27-13-14-4-2-1-3-5-14)15(12-16)6-8-17-9-10-18(21(24)26)20(23)25-17/h1-5,7,9-12H,6,8,13H2,(H2,24,26). The van der Waals surface area contributed by atoms with Crippen molar-refractivity contribution in [3.63, 3.8) is 0 Å². The number of pyridine rings is 1. The summed E-state index contributed by atoms with van der Waals surface area (Å²) in [5, 5.41) is 0.134. The molecule has 4 nitrogen and oxygen atoms in total. The van der Waals surface area contributed by atoms with E-state index in [1.807, 2.05) is 48.5 Å². The van der Waals surface area contributed by atoms with E-state index in [0.29, 0.717) is 13.0 Å². The molecule has 138 valence electrons. The van der Waals surface area contributed by atoms with Gasteiger partial charge in [-0.2, -0.15) is 0 Å². The number of nitrogens with two attached hydrogens (primary N) is 1. The molecule has 0 radical (unpaired) electrons. The minimum absolute atomic E-state index is 0.134. The normalized spacial score (nSPS) is 10.6. The van der Waals surface area contributed by atoms with Crippen molar-refractivity contribution >= 4 is 33.4 Å². The summed E-state index contributed by atoms with van der Waals surface area (Å²) in [6.07, 6.45) is 1.39. The van der Waals surface area contributed by atoms with Crippen molar-refractivity contribution in [2.24, 2.45) is 5.73 Å². The summed E-state index contributed by atoms with van der Waals surface area (Å²) in [5.41, 5.74) is 8.46. The van der Waals surface area contributed by atoms with Crippen LogP contribution in [0.2, 0.25) is 5.15 Å². The molecule has 0 aliphatic carbocycles. The van der Waals surface area contributed by atoms with Crippen LogP contribution < -0.4 is 10.5 Å². The van der Waals surface area contributed by atoms with Gasteiger partial charge >= 0.3 is 0 Å². The van der Waals surface area contributed by atoms with Gasteiger partial charge in [-0.3, -0.25) is 4.79 Å². The molecule has 2 N–H and O–H groups in total. The average Bonchev–Trinajstić information content (AvgIpc) is 2.66. The summed E-state index contributed by atoms with van der Waals surface area (Å²) < 4.78 is 7.00. The quantitative estimate of drug-likeness (QED) is 0.523. The third kappa shape index (κ3) is 5.31. The first-order chi connectivity index (χ1) is 13.0. The number of carbonyl (C=O) groups is 1. The molecule has 0 bridgehead atoms. The van der Waals surface area contributed by atoms with Crippen molar-refractivity contribution in [3.8, 4) is 5.75 Å². The van der Waals surface area contributed by atoms with Gasteiger partial charge in [0.1, 0.15) is 17.5 Å². The number of ether oxygens (including phenoxy) is 1. The van der Waals surface area contributed by atoms with Gasteiger partial charge in [0.2, 0.25) is 0 Å². The van der Waals surface area contributed by atoms with E-state index in [9.17, 15) is 4.79 Å². The number of aromatic nitrogens is 1. The fourth-order valence-corrected chi connectivity index (χ4v) is 3.35. The smallest absolute Gasteiger partial charge is 0.251 e. The second kappa shape index (κ2) is 9.02. The van der Waals surface area contributed by atoms with Crippen molar-refractivity contribution < 1.29 is 9.53 Å². The van der Waals surface area contributed by atoms with Gasteiger partial charge < -0.3 is 10.5 Å². The lowest BCUT2D eigenvalue weighted by Crippen LogP contribution is -2.12. The predicted octanol–water partition coefficient (Wildman–Crippen LogP) is 4.96. The number of hydrogen-bond acceptors (Lipinski definition) is 3. The minimum Gasteiger partial charge on any atom is -0.489 e. The average molecular weight is 446 g/mol. The van der Waals surface area contributed by atoms with Crippen LogP contribution in [0, 0.1) is 0 Å². The van der Waals surface area contributed by atoms with E-state index in [1.54, 1.807) is 12.1 Å². The summed E-state index contributed by atoms with van der Waals surface area (Å²) in [7, 11) is 0. The Bertz CT molecular complexity index is 948. The molecule has 1 aromatic heterocycles. The topological polar surface area (TPSA) is 65.2 Å². The lowest BCUT2D eigenvalue weighted by molar-refractivity contribution is 0.1000. The van der Waals surface area contributed by atoms with Crippen LogP contribution in [0.4, 0.5) is 0 Å². The van der Waals surface area contributed by atoms with Gasteiger partial charge in [-0.1, -0.05) is 57.9 Å². The maximum Gasteiger partial charge on any atom is 0.251 e. The predicted molar refractivity (Wildman–Crippen MR) is 110 cm³/mol. The Morgan fingerprint density at radius 2 is 1.85 bits per heavy atom. The molecule has 0 unspecified atom stereocenters. The van der Waals surface area contributed by atoms with E-state index in [1.165, 1.54) is 0 Å². The largest absolute Gasteiger partial charge is 0.489 e. The first-order valence-electron chi connectivity index (χ1n) is 8.43. The van der Waals surface area contributed by atoms with Crippen molar-refractivity contribution in [2.45, 2.75) is 19.4 Å². The van der Waals surface area contributed by atoms with Gasteiger partial charge in [-0.05, 0) is 54.3 Å². The third-order valence-electron chi connectivity index (χ3n) is 4.08. The molecule has 0 atom stereocenters. The number of benzene rings is 2. The number of aryl methyl sites for hydroxylation is 2. The number of hydrogen-bond donors (Lipinski definition) is 1. The summed E-state index contributed by atoms with van der Waals surface area (Å²) in [6, 6.07) is 19.4. The Morgan fingerprint density at radius 1 is 1.07 bits per heavy atom. The van der Waals surface area contributed by atoms with Gasteiger partial charge in [0, 0.05) is 10.2 Å². The van der Waals surface area contributed by atoms with Crippen LogP contribution in [-0.4, -0.2) is 10.9 Å². The molecule has 1 heterocycles. The van der Waals surface area contributed by atoms with E-state index in [4.69, 9.17) is 22.1 Å². The Kier molecular flexibility index (Phi) is 6.48. The Labute approximate surface area is 171 Å². The van der Waals surface area contributed by atoms with Crippen LogP contribution in [-0.2, 0) is 19.4 Å². The first-order valence-corrected chi connectivity index (χ1v) is 9.60. The maximum atomic E-state index is 11.3. The monoisotopic (exact) mass is 444 g/mol. The van der Waals surface area contributed by atoms with Crippen LogP contribution in [0.25, 0.3) is 0 Å². The first kappa shape index (κ1) is 19.4.